The van der Waals surface area contributed by atoms with Gasteiger partial charge in [0.25, 0.3) is 0 Å². The molecule has 0 saturated carbocycles. The van der Waals surface area contributed by atoms with Gasteiger partial charge < -0.3 is 10.8 Å². The van der Waals surface area contributed by atoms with Crippen molar-refractivity contribution >= 4 is 11.9 Å². The van der Waals surface area contributed by atoms with E-state index >= 15 is 0 Å². The number of hydrogen-bond acceptors (Lipinski definition) is 5. The summed E-state index contributed by atoms with van der Waals surface area (Å²) in [5, 5.41) is 30.5. The molecule has 0 aliphatic heterocycles. The Balaban J connectivity index is 2.32. The minimum atomic E-state index is -1.11. The number of nitrogens with two attached hydrogens (primary N) is 1. The molecule has 1 aromatic carbocycles. The molecule has 5 N–H and O–H groups in total. The van der Waals surface area contributed by atoms with Gasteiger partial charge in [-0.25, -0.2) is 4.79 Å². The van der Waals surface area contributed by atoms with E-state index in [4.69, 9.17) is 11.1 Å². The Morgan fingerprint density at radius 2 is 2.23 bits per heavy atom. The molecule has 0 radical (unpaired) electrons. The molecule has 22 heavy (non-hydrogen) atoms. The number of aromatic nitrogens is 4. The van der Waals surface area contributed by atoms with E-state index in [9.17, 15) is 9.90 Å². The summed E-state index contributed by atoms with van der Waals surface area (Å²) in [6.45, 7) is 3.50. The maximum Gasteiger partial charge on any atom is 0.408 e. The number of nitrogens with one attached hydrogen (secondary N) is 2. The SMILES string of the molecule is CC(C)(c1nn[nH]n1)N(Cc1cccc(C(=N)N)c1)C(=O)O. The van der Waals surface area contributed by atoms with Crippen molar-refractivity contribution in [3.8, 4) is 0 Å². The Morgan fingerprint density at radius 3 is 2.77 bits per heavy atom. The number of carboxylic acid groups (broad SMARTS) is 1. The molecule has 0 aliphatic carbocycles. The zero-order valence-electron chi connectivity index (χ0n) is 12.2. The van der Waals surface area contributed by atoms with Crippen LogP contribution in [0.2, 0.25) is 0 Å². The third kappa shape index (κ3) is 3.03. The highest BCUT2D eigenvalue weighted by molar-refractivity contribution is 5.95. The average Bonchev–Trinajstić information content (AvgIpc) is 2.99. The molecule has 116 valence electrons. The molecule has 0 bridgehead atoms. The van der Waals surface area contributed by atoms with Crippen molar-refractivity contribution in [2.45, 2.75) is 25.9 Å². The highest BCUT2D eigenvalue weighted by Crippen LogP contribution is 2.26. The zero-order valence-corrected chi connectivity index (χ0v) is 12.2. The van der Waals surface area contributed by atoms with Gasteiger partial charge in [-0.2, -0.15) is 5.21 Å². The third-order valence-corrected chi connectivity index (χ3v) is 3.38. The third-order valence-electron chi connectivity index (χ3n) is 3.38. The number of hydrogen-bond donors (Lipinski definition) is 4. The summed E-state index contributed by atoms with van der Waals surface area (Å²) in [5.41, 5.74) is 5.75. The van der Waals surface area contributed by atoms with Gasteiger partial charge in [-0.1, -0.05) is 23.4 Å². The van der Waals surface area contributed by atoms with Gasteiger partial charge >= 0.3 is 6.09 Å². The highest BCUT2D eigenvalue weighted by Gasteiger charge is 2.36. The Labute approximate surface area is 126 Å². The van der Waals surface area contributed by atoms with Crippen molar-refractivity contribution in [3.05, 3.63) is 41.2 Å². The maximum atomic E-state index is 11.6. The van der Waals surface area contributed by atoms with Crippen LogP contribution in [0.5, 0.6) is 0 Å². The highest BCUT2D eigenvalue weighted by atomic mass is 16.4. The first-order valence-electron chi connectivity index (χ1n) is 6.50. The number of H-pyrrole nitrogens is 1. The van der Waals surface area contributed by atoms with Crippen LogP contribution in [0.15, 0.2) is 24.3 Å². The van der Waals surface area contributed by atoms with E-state index in [2.05, 4.69) is 20.6 Å². The Hall–Kier alpha value is -2.97. The number of rotatable bonds is 5. The lowest BCUT2D eigenvalue weighted by molar-refractivity contribution is 0.0817. The number of amidine groups is 1. The summed E-state index contributed by atoms with van der Waals surface area (Å²) in [6, 6.07) is 6.88. The molecule has 1 heterocycles. The van der Waals surface area contributed by atoms with Crippen molar-refractivity contribution in [3.63, 3.8) is 0 Å². The number of aromatic amines is 1. The molecule has 1 aromatic heterocycles. The molecule has 2 aromatic rings. The van der Waals surface area contributed by atoms with Crippen LogP contribution >= 0.6 is 0 Å². The standard InChI is InChI=1S/C13H17N7O2/c1-13(2,11-16-18-19-17-11)20(12(21)22)7-8-4-3-5-9(6-8)10(14)15/h3-6H,7H2,1-2H3,(H3,14,15)(H,21,22)(H,16,17,18,19). The second-order valence-electron chi connectivity index (χ2n) is 5.28. The van der Waals surface area contributed by atoms with Crippen LogP contribution in [0.1, 0.15) is 30.8 Å². The zero-order chi connectivity index (χ0) is 16.3. The molecule has 0 saturated heterocycles. The molecule has 1 amide bonds. The predicted octanol–water partition coefficient (Wildman–Crippen LogP) is 0.899. The fraction of sp³-hybridized carbons (Fsp3) is 0.308. The van der Waals surface area contributed by atoms with E-state index < -0.39 is 11.6 Å². The summed E-state index contributed by atoms with van der Waals surface area (Å²) >= 11 is 0. The Morgan fingerprint density at radius 1 is 1.50 bits per heavy atom. The van der Waals surface area contributed by atoms with Gasteiger partial charge in [0.1, 0.15) is 11.4 Å². The summed E-state index contributed by atoms with van der Waals surface area (Å²) in [7, 11) is 0. The summed E-state index contributed by atoms with van der Waals surface area (Å²) in [6.07, 6.45) is -1.11. The summed E-state index contributed by atoms with van der Waals surface area (Å²) < 4.78 is 0. The van der Waals surface area contributed by atoms with Crippen LogP contribution in [0, 0.1) is 5.41 Å². The monoisotopic (exact) mass is 303 g/mol. The minimum absolute atomic E-state index is 0.0684. The van der Waals surface area contributed by atoms with Gasteiger partial charge in [-0.3, -0.25) is 10.3 Å². The fourth-order valence-electron chi connectivity index (χ4n) is 2.07. The lowest BCUT2D eigenvalue weighted by Crippen LogP contribution is -2.45. The first kappa shape index (κ1) is 15.4. The largest absolute Gasteiger partial charge is 0.465 e. The van der Waals surface area contributed by atoms with Crippen molar-refractivity contribution < 1.29 is 9.90 Å². The topological polar surface area (TPSA) is 145 Å². The number of tetrazole rings is 1. The fourth-order valence-corrected chi connectivity index (χ4v) is 2.07. The van der Waals surface area contributed by atoms with Crippen LogP contribution in [-0.2, 0) is 12.1 Å². The number of carbonyl (C=O) groups is 1. The normalized spacial score (nSPS) is 11.2. The van der Waals surface area contributed by atoms with Crippen LogP contribution < -0.4 is 5.73 Å². The summed E-state index contributed by atoms with van der Waals surface area (Å²) in [5.74, 6) is 0.207. The second-order valence-corrected chi connectivity index (χ2v) is 5.28. The van der Waals surface area contributed by atoms with E-state index in [1.807, 2.05) is 0 Å². The van der Waals surface area contributed by atoms with E-state index in [0.29, 0.717) is 11.1 Å². The Bertz CT molecular complexity index is 681. The van der Waals surface area contributed by atoms with E-state index in [-0.39, 0.29) is 18.2 Å². The van der Waals surface area contributed by atoms with Crippen LogP contribution in [0.4, 0.5) is 4.79 Å². The number of nitrogen functional groups attached to an aromatic ring is 1. The van der Waals surface area contributed by atoms with Crippen LogP contribution in [-0.4, -0.2) is 42.6 Å². The number of benzene rings is 1. The molecule has 0 aliphatic rings. The second kappa shape index (κ2) is 5.80. The molecular formula is C13H17N7O2. The molecule has 0 atom stereocenters. The van der Waals surface area contributed by atoms with Gasteiger partial charge in [0.15, 0.2) is 5.82 Å². The van der Waals surface area contributed by atoms with Gasteiger partial charge in [0.2, 0.25) is 0 Å². The summed E-state index contributed by atoms with van der Waals surface area (Å²) in [4.78, 5) is 12.8. The first-order chi connectivity index (χ1) is 10.3. The molecule has 0 fully saturated rings. The molecule has 0 spiro atoms. The van der Waals surface area contributed by atoms with Gasteiger partial charge in [-0.15, -0.1) is 10.2 Å². The predicted molar refractivity (Wildman–Crippen MR) is 78.2 cm³/mol. The lowest BCUT2D eigenvalue weighted by atomic mass is 10.0. The molecule has 9 heteroatoms. The van der Waals surface area contributed by atoms with Crippen molar-refractivity contribution in [2.24, 2.45) is 5.73 Å². The molecule has 9 nitrogen and oxygen atoms in total. The quantitative estimate of drug-likeness (QED) is 0.477. The number of amides is 1. The minimum Gasteiger partial charge on any atom is -0.465 e. The molecular weight excluding hydrogens is 286 g/mol. The van der Waals surface area contributed by atoms with Crippen molar-refractivity contribution in [1.29, 1.82) is 5.41 Å². The van der Waals surface area contributed by atoms with Crippen LogP contribution in [0.25, 0.3) is 0 Å². The lowest BCUT2D eigenvalue weighted by Gasteiger charge is -2.33. The van der Waals surface area contributed by atoms with Gasteiger partial charge in [0, 0.05) is 5.56 Å². The first-order valence-corrected chi connectivity index (χ1v) is 6.50. The Kier molecular flexibility index (Phi) is 4.06. The maximum absolute atomic E-state index is 11.6. The average molecular weight is 303 g/mol. The van der Waals surface area contributed by atoms with Crippen LogP contribution in [0.3, 0.4) is 0 Å². The van der Waals surface area contributed by atoms with Crippen molar-refractivity contribution in [2.75, 3.05) is 0 Å². The molecule has 0 unspecified atom stereocenters. The van der Waals surface area contributed by atoms with Gasteiger partial charge in [-0.05, 0) is 25.5 Å². The van der Waals surface area contributed by atoms with Crippen molar-refractivity contribution in [1.82, 2.24) is 25.5 Å². The van der Waals surface area contributed by atoms with Gasteiger partial charge in [0.05, 0.1) is 6.54 Å². The number of nitrogens with zero attached hydrogens (tertiary/aromatic N) is 4. The van der Waals surface area contributed by atoms with E-state index in [1.165, 1.54) is 4.90 Å². The van der Waals surface area contributed by atoms with E-state index in [1.54, 1.807) is 38.1 Å². The molecule has 2 rings (SSSR count). The smallest absolute Gasteiger partial charge is 0.408 e. The van der Waals surface area contributed by atoms with E-state index in [0.717, 1.165) is 0 Å².